The van der Waals surface area contributed by atoms with Crippen molar-refractivity contribution in [1.29, 1.82) is 0 Å². The lowest BCUT2D eigenvalue weighted by Crippen LogP contribution is -2.22. The fraction of sp³-hybridized carbons (Fsp3) is 0.600. The van der Waals surface area contributed by atoms with Gasteiger partial charge in [-0.1, -0.05) is 26.2 Å². The lowest BCUT2D eigenvalue weighted by Gasteiger charge is -2.03. The van der Waals surface area contributed by atoms with Crippen LogP contribution in [0.15, 0.2) is 17.1 Å². The Bertz CT molecular complexity index is 335. The van der Waals surface area contributed by atoms with Gasteiger partial charge in [0.15, 0.2) is 0 Å². The molecule has 0 saturated heterocycles. The van der Waals surface area contributed by atoms with Gasteiger partial charge in [0.1, 0.15) is 0 Å². The van der Waals surface area contributed by atoms with Crippen molar-refractivity contribution < 1.29 is 0 Å². The van der Waals surface area contributed by atoms with Crippen LogP contribution < -0.4 is 5.56 Å². The molecule has 0 atom stereocenters. The van der Waals surface area contributed by atoms with Crippen LogP contribution in [-0.2, 0) is 6.54 Å². The Labute approximate surface area is 97.7 Å². The van der Waals surface area contributed by atoms with E-state index in [4.69, 9.17) is 0 Å². The molecule has 1 aromatic rings. The van der Waals surface area contributed by atoms with E-state index in [2.05, 4.69) is 34.6 Å². The quantitative estimate of drug-likeness (QED) is 0.618. The molecule has 0 aliphatic heterocycles. The first kappa shape index (κ1) is 11.7. The summed E-state index contributed by atoms with van der Waals surface area (Å²) in [4.78, 5) is 11.4. The number of halogens is 1. The average molecular weight is 306 g/mol. The van der Waals surface area contributed by atoms with Gasteiger partial charge in [-0.3, -0.25) is 4.79 Å². The minimum Gasteiger partial charge on any atom is -0.268 e. The first-order chi connectivity index (χ1) is 6.74. The van der Waals surface area contributed by atoms with Gasteiger partial charge in [-0.2, -0.15) is 5.10 Å². The molecule has 0 aromatic carbocycles. The molecule has 0 N–H and O–H groups in total. The lowest BCUT2D eigenvalue weighted by molar-refractivity contribution is 0.518. The maximum atomic E-state index is 11.4. The molecule has 1 rings (SSSR count). The molecule has 0 aliphatic rings. The summed E-state index contributed by atoms with van der Waals surface area (Å²) in [7, 11) is 0. The number of nitrogens with zero attached hydrogens (tertiary/aromatic N) is 2. The Morgan fingerprint density at radius 2 is 2.21 bits per heavy atom. The molecule has 0 aliphatic carbocycles. The minimum atomic E-state index is 0.00778. The van der Waals surface area contributed by atoms with E-state index in [-0.39, 0.29) is 5.56 Å². The SMILES string of the molecule is CCCCCCn1ncc(I)cc1=O. The number of aryl methyl sites for hydroxylation is 1. The molecule has 1 aromatic heterocycles. The van der Waals surface area contributed by atoms with Crippen molar-refractivity contribution in [2.75, 3.05) is 0 Å². The van der Waals surface area contributed by atoms with Crippen LogP contribution in [0.25, 0.3) is 0 Å². The van der Waals surface area contributed by atoms with E-state index in [0.29, 0.717) is 0 Å². The van der Waals surface area contributed by atoms with Gasteiger partial charge in [0.25, 0.3) is 5.56 Å². The van der Waals surface area contributed by atoms with Crippen molar-refractivity contribution in [2.45, 2.75) is 39.2 Å². The first-order valence-electron chi connectivity index (χ1n) is 4.96. The molecular weight excluding hydrogens is 291 g/mol. The second-order valence-corrected chi connectivity index (χ2v) is 4.54. The molecule has 78 valence electrons. The van der Waals surface area contributed by atoms with E-state index in [0.717, 1.165) is 16.5 Å². The van der Waals surface area contributed by atoms with Crippen LogP contribution in [0.2, 0.25) is 0 Å². The summed E-state index contributed by atoms with van der Waals surface area (Å²) < 4.78 is 2.44. The molecule has 0 radical (unpaired) electrons. The zero-order valence-corrected chi connectivity index (χ0v) is 10.5. The number of rotatable bonds is 5. The molecule has 0 bridgehead atoms. The Kier molecular flexibility index (Phi) is 5.14. The van der Waals surface area contributed by atoms with Gasteiger partial charge >= 0.3 is 0 Å². The third-order valence-corrected chi connectivity index (χ3v) is 2.65. The van der Waals surface area contributed by atoms with Crippen LogP contribution >= 0.6 is 22.6 Å². The lowest BCUT2D eigenvalue weighted by atomic mass is 10.2. The van der Waals surface area contributed by atoms with Gasteiger partial charge in [-0.15, -0.1) is 0 Å². The van der Waals surface area contributed by atoms with Crippen molar-refractivity contribution in [1.82, 2.24) is 9.78 Å². The number of unbranched alkanes of at least 4 members (excludes halogenated alkanes) is 3. The van der Waals surface area contributed by atoms with E-state index in [1.807, 2.05) is 0 Å². The monoisotopic (exact) mass is 306 g/mol. The maximum absolute atomic E-state index is 11.4. The van der Waals surface area contributed by atoms with Crippen LogP contribution in [0, 0.1) is 3.57 Å². The van der Waals surface area contributed by atoms with Crippen LogP contribution in [0.5, 0.6) is 0 Å². The largest absolute Gasteiger partial charge is 0.268 e. The van der Waals surface area contributed by atoms with Gasteiger partial charge in [-0.05, 0) is 29.0 Å². The highest BCUT2D eigenvalue weighted by atomic mass is 127. The topological polar surface area (TPSA) is 34.9 Å². The van der Waals surface area contributed by atoms with Crippen molar-refractivity contribution in [3.8, 4) is 0 Å². The number of hydrogen-bond acceptors (Lipinski definition) is 2. The Balaban J connectivity index is 2.47. The van der Waals surface area contributed by atoms with E-state index >= 15 is 0 Å². The standard InChI is InChI=1S/C10H15IN2O/c1-2-3-4-5-6-13-10(14)7-9(11)8-12-13/h7-8H,2-6H2,1H3. The fourth-order valence-electron chi connectivity index (χ4n) is 1.27. The molecule has 0 amide bonds. The Hall–Kier alpha value is -0.390. The van der Waals surface area contributed by atoms with Crippen LogP contribution in [0.3, 0.4) is 0 Å². The molecule has 4 heteroatoms. The highest BCUT2D eigenvalue weighted by Gasteiger charge is 1.97. The van der Waals surface area contributed by atoms with E-state index in [1.54, 1.807) is 12.3 Å². The van der Waals surface area contributed by atoms with Crippen molar-refractivity contribution in [3.05, 3.63) is 26.2 Å². The predicted molar refractivity (Wildman–Crippen MR) is 65.4 cm³/mol. The van der Waals surface area contributed by atoms with E-state index in [9.17, 15) is 4.79 Å². The number of aromatic nitrogens is 2. The minimum absolute atomic E-state index is 0.00778. The zero-order chi connectivity index (χ0) is 10.4. The third-order valence-electron chi connectivity index (χ3n) is 2.06. The Morgan fingerprint density at radius 3 is 2.86 bits per heavy atom. The van der Waals surface area contributed by atoms with Crippen LogP contribution in [0.1, 0.15) is 32.6 Å². The molecular formula is C10H15IN2O. The normalized spacial score (nSPS) is 10.4. The highest BCUT2D eigenvalue weighted by molar-refractivity contribution is 14.1. The molecule has 0 saturated carbocycles. The van der Waals surface area contributed by atoms with E-state index in [1.165, 1.54) is 23.9 Å². The highest BCUT2D eigenvalue weighted by Crippen LogP contribution is 2.00. The Morgan fingerprint density at radius 1 is 1.43 bits per heavy atom. The summed E-state index contributed by atoms with van der Waals surface area (Å²) in [5.41, 5.74) is 0.00778. The molecule has 3 nitrogen and oxygen atoms in total. The van der Waals surface area contributed by atoms with Gasteiger partial charge < -0.3 is 0 Å². The molecule has 0 unspecified atom stereocenters. The molecule has 0 spiro atoms. The summed E-state index contributed by atoms with van der Waals surface area (Å²) in [6.45, 7) is 2.92. The second kappa shape index (κ2) is 6.16. The second-order valence-electron chi connectivity index (χ2n) is 3.30. The van der Waals surface area contributed by atoms with E-state index < -0.39 is 0 Å². The van der Waals surface area contributed by atoms with Crippen molar-refractivity contribution in [3.63, 3.8) is 0 Å². The fourth-order valence-corrected chi connectivity index (χ4v) is 1.66. The maximum Gasteiger partial charge on any atom is 0.267 e. The van der Waals surface area contributed by atoms with Crippen molar-refractivity contribution in [2.24, 2.45) is 0 Å². The van der Waals surface area contributed by atoms with Gasteiger partial charge in [-0.25, -0.2) is 4.68 Å². The number of hydrogen-bond donors (Lipinski definition) is 0. The summed E-state index contributed by atoms with van der Waals surface area (Å²) >= 11 is 2.10. The van der Waals surface area contributed by atoms with Crippen LogP contribution in [0.4, 0.5) is 0 Å². The molecule has 0 fully saturated rings. The van der Waals surface area contributed by atoms with Gasteiger partial charge in [0, 0.05) is 16.2 Å². The zero-order valence-electron chi connectivity index (χ0n) is 8.37. The van der Waals surface area contributed by atoms with Crippen molar-refractivity contribution >= 4 is 22.6 Å². The average Bonchev–Trinajstić information content (AvgIpc) is 2.15. The summed E-state index contributed by atoms with van der Waals surface area (Å²) in [5.74, 6) is 0. The third kappa shape index (κ3) is 3.77. The van der Waals surface area contributed by atoms with Crippen LogP contribution in [-0.4, -0.2) is 9.78 Å². The molecule has 1 heterocycles. The summed E-state index contributed by atoms with van der Waals surface area (Å²) in [6.07, 6.45) is 6.40. The van der Waals surface area contributed by atoms with Gasteiger partial charge in [0.2, 0.25) is 0 Å². The summed E-state index contributed by atoms with van der Waals surface area (Å²) in [6, 6.07) is 1.62. The molecule has 14 heavy (non-hydrogen) atoms. The first-order valence-corrected chi connectivity index (χ1v) is 6.04. The van der Waals surface area contributed by atoms with Gasteiger partial charge in [0.05, 0.1) is 6.20 Å². The predicted octanol–water partition coefficient (Wildman–Crippen LogP) is 2.43. The summed E-state index contributed by atoms with van der Waals surface area (Å²) in [5, 5.41) is 4.07. The smallest absolute Gasteiger partial charge is 0.267 e.